The van der Waals surface area contributed by atoms with Crippen LogP contribution in [0.1, 0.15) is 28.9 Å². The van der Waals surface area contributed by atoms with Gasteiger partial charge in [-0.25, -0.2) is 0 Å². The van der Waals surface area contributed by atoms with E-state index in [-0.39, 0.29) is 6.61 Å². The lowest BCUT2D eigenvalue weighted by Gasteiger charge is -2.09. The Balaban J connectivity index is 2.14. The van der Waals surface area contributed by atoms with Crippen LogP contribution in [0.3, 0.4) is 0 Å². The molecule has 3 nitrogen and oxygen atoms in total. The number of rotatable bonds is 4. The molecule has 1 heterocycles. The number of aromatic nitrogens is 1. The zero-order valence-corrected chi connectivity index (χ0v) is 12.4. The Hall–Kier alpha value is -2.31. The molecule has 0 atom stereocenters. The smallest absolute Gasteiger partial charge is 0.135 e. The summed E-state index contributed by atoms with van der Waals surface area (Å²) < 4.78 is 5.84. The molecule has 0 bridgehead atoms. The molecule has 2 rings (SSSR count). The Morgan fingerprint density at radius 1 is 1.19 bits per heavy atom. The number of hydrogen-bond donors (Lipinski definition) is 1. The van der Waals surface area contributed by atoms with Crippen molar-refractivity contribution in [1.29, 1.82) is 0 Å². The lowest BCUT2D eigenvalue weighted by molar-refractivity contribution is 0.300. The minimum absolute atomic E-state index is 0.0716. The van der Waals surface area contributed by atoms with Crippen LogP contribution in [-0.2, 0) is 6.61 Å². The van der Waals surface area contributed by atoms with Crippen LogP contribution in [0.25, 0.3) is 0 Å². The van der Waals surface area contributed by atoms with Gasteiger partial charge in [0.15, 0.2) is 0 Å². The maximum atomic E-state index is 8.80. The number of nitrogens with zero attached hydrogens (tertiary/aromatic N) is 1. The third kappa shape index (κ3) is 4.62. The van der Waals surface area contributed by atoms with E-state index in [1.54, 1.807) is 0 Å². The van der Waals surface area contributed by atoms with Gasteiger partial charge in [0.05, 0.1) is 17.9 Å². The average Bonchev–Trinajstić information content (AvgIpc) is 2.47. The maximum Gasteiger partial charge on any atom is 0.135 e. The van der Waals surface area contributed by atoms with E-state index in [1.165, 1.54) is 0 Å². The van der Waals surface area contributed by atoms with Crippen LogP contribution in [0.15, 0.2) is 36.4 Å². The van der Waals surface area contributed by atoms with Crippen molar-refractivity contribution in [3.8, 4) is 17.6 Å². The summed E-state index contributed by atoms with van der Waals surface area (Å²) in [6, 6.07) is 11.8. The van der Waals surface area contributed by atoms with E-state index < -0.39 is 0 Å². The van der Waals surface area contributed by atoms with E-state index >= 15 is 0 Å². The third-order valence-corrected chi connectivity index (χ3v) is 2.92. The second-order valence-electron chi connectivity index (χ2n) is 4.83. The highest BCUT2D eigenvalue weighted by atomic mass is 16.5. The average molecular weight is 281 g/mol. The van der Waals surface area contributed by atoms with Crippen molar-refractivity contribution in [2.24, 2.45) is 0 Å². The standard InChI is InChI=1S/C18H19NO2/c1-14-9-10-18(16(12-14)7-3-4-11-20)21-13-17-8-5-6-15(2)19-17/h5-6,8-10,12,20H,4,11,13H2,1-2H3. The quantitative estimate of drug-likeness (QED) is 0.876. The number of benzene rings is 1. The Morgan fingerprint density at radius 3 is 2.81 bits per heavy atom. The Morgan fingerprint density at radius 2 is 2.05 bits per heavy atom. The van der Waals surface area contributed by atoms with Gasteiger partial charge < -0.3 is 9.84 Å². The van der Waals surface area contributed by atoms with Gasteiger partial charge in [-0.2, -0.15) is 0 Å². The topological polar surface area (TPSA) is 42.4 Å². The molecule has 1 aromatic heterocycles. The van der Waals surface area contributed by atoms with Gasteiger partial charge in [0, 0.05) is 12.1 Å². The van der Waals surface area contributed by atoms with Gasteiger partial charge in [-0.05, 0) is 43.7 Å². The van der Waals surface area contributed by atoms with Crippen LogP contribution in [0, 0.1) is 25.7 Å². The van der Waals surface area contributed by atoms with Crippen LogP contribution in [-0.4, -0.2) is 16.7 Å². The molecular formula is C18H19NO2. The number of pyridine rings is 1. The molecule has 108 valence electrons. The molecule has 0 aliphatic carbocycles. The first kappa shape index (κ1) is 15.1. The highest BCUT2D eigenvalue weighted by molar-refractivity contribution is 5.48. The van der Waals surface area contributed by atoms with Gasteiger partial charge >= 0.3 is 0 Å². The molecule has 3 heteroatoms. The molecule has 0 aliphatic rings. The number of hydrogen-bond acceptors (Lipinski definition) is 3. The summed E-state index contributed by atoms with van der Waals surface area (Å²) in [6.45, 7) is 4.46. The molecule has 0 saturated carbocycles. The van der Waals surface area contributed by atoms with E-state index in [2.05, 4.69) is 16.8 Å². The predicted molar refractivity (Wildman–Crippen MR) is 83.1 cm³/mol. The van der Waals surface area contributed by atoms with Crippen molar-refractivity contribution < 1.29 is 9.84 Å². The molecular weight excluding hydrogens is 262 g/mol. The van der Waals surface area contributed by atoms with Gasteiger partial charge in [-0.3, -0.25) is 4.98 Å². The molecule has 0 fully saturated rings. The molecule has 2 aromatic rings. The van der Waals surface area contributed by atoms with Crippen LogP contribution < -0.4 is 4.74 Å². The summed E-state index contributed by atoms with van der Waals surface area (Å²) >= 11 is 0. The summed E-state index contributed by atoms with van der Waals surface area (Å²) in [6.07, 6.45) is 0.465. The zero-order chi connectivity index (χ0) is 15.1. The molecule has 0 saturated heterocycles. The first-order valence-electron chi connectivity index (χ1n) is 6.95. The lowest BCUT2D eigenvalue weighted by atomic mass is 10.1. The Labute approximate surface area is 125 Å². The van der Waals surface area contributed by atoms with Crippen LogP contribution >= 0.6 is 0 Å². The summed E-state index contributed by atoms with van der Waals surface area (Å²) in [5.41, 5.74) is 3.84. The first-order chi connectivity index (χ1) is 10.2. The van der Waals surface area contributed by atoms with Gasteiger partial charge in [-0.15, -0.1) is 0 Å². The van der Waals surface area contributed by atoms with Crippen molar-refractivity contribution in [3.63, 3.8) is 0 Å². The van der Waals surface area contributed by atoms with Gasteiger partial charge in [-0.1, -0.05) is 24.0 Å². The predicted octanol–water partition coefficient (Wildman–Crippen LogP) is 3.01. The molecule has 0 aliphatic heterocycles. The van der Waals surface area contributed by atoms with Gasteiger partial charge in [0.1, 0.15) is 12.4 Å². The van der Waals surface area contributed by atoms with Crippen molar-refractivity contribution in [2.75, 3.05) is 6.61 Å². The fraction of sp³-hybridized carbons (Fsp3) is 0.278. The third-order valence-electron chi connectivity index (χ3n) is 2.92. The largest absolute Gasteiger partial charge is 0.486 e. The van der Waals surface area contributed by atoms with Crippen molar-refractivity contribution >= 4 is 0 Å². The second kappa shape index (κ2) is 7.47. The highest BCUT2D eigenvalue weighted by Gasteiger charge is 2.03. The van der Waals surface area contributed by atoms with E-state index in [9.17, 15) is 0 Å². The Bertz CT molecular complexity index is 668. The summed E-state index contributed by atoms with van der Waals surface area (Å²) in [4.78, 5) is 4.42. The zero-order valence-electron chi connectivity index (χ0n) is 12.4. The van der Waals surface area contributed by atoms with Crippen molar-refractivity contribution in [2.45, 2.75) is 26.9 Å². The lowest BCUT2D eigenvalue weighted by Crippen LogP contribution is -2.00. The highest BCUT2D eigenvalue weighted by Crippen LogP contribution is 2.20. The number of ether oxygens (including phenoxy) is 1. The molecule has 1 N–H and O–H groups in total. The number of aliphatic hydroxyl groups is 1. The minimum atomic E-state index is 0.0716. The summed E-state index contributed by atoms with van der Waals surface area (Å²) in [5, 5.41) is 8.80. The molecule has 0 amide bonds. The van der Waals surface area contributed by atoms with Crippen LogP contribution in [0.2, 0.25) is 0 Å². The Kier molecular flexibility index (Phi) is 5.36. The van der Waals surface area contributed by atoms with E-state index in [4.69, 9.17) is 9.84 Å². The van der Waals surface area contributed by atoms with Crippen molar-refractivity contribution in [3.05, 3.63) is 58.9 Å². The molecule has 0 radical (unpaired) electrons. The van der Waals surface area contributed by atoms with Gasteiger partial charge in [0.25, 0.3) is 0 Å². The second-order valence-corrected chi connectivity index (χ2v) is 4.83. The summed E-state index contributed by atoms with van der Waals surface area (Å²) in [5.74, 6) is 6.72. The fourth-order valence-electron chi connectivity index (χ4n) is 1.91. The number of aliphatic hydroxyl groups excluding tert-OH is 1. The van der Waals surface area contributed by atoms with Crippen LogP contribution in [0.4, 0.5) is 0 Å². The summed E-state index contributed by atoms with van der Waals surface area (Å²) in [7, 11) is 0. The minimum Gasteiger partial charge on any atom is -0.486 e. The SMILES string of the molecule is Cc1ccc(OCc2cccc(C)n2)c(C#CCCO)c1. The normalized spacial score (nSPS) is 9.86. The fourth-order valence-corrected chi connectivity index (χ4v) is 1.91. The van der Waals surface area contributed by atoms with E-state index in [0.717, 1.165) is 28.3 Å². The maximum absolute atomic E-state index is 8.80. The first-order valence-corrected chi connectivity index (χ1v) is 6.95. The molecule has 21 heavy (non-hydrogen) atoms. The molecule has 0 unspecified atom stereocenters. The van der Waals surface area contributed by atoms with Crippen LogP contribution in [0.5, 0.6) is 5.75 Å². The molecule has 0 spiro atoms. The van der Waals surface area contributed by atoms with E-state index in [1.807, 2.05) is 50.2 Å². The number of aryl methyl sites for hydroxylation is 2. The van der Waals surface area contributed by atoms with Crippen molar-refractivity contribution in [1.82, 2.24) is 4.98 Å². The van der Waals surface area contributed by atoms with E-state index in [0.29, 0.717) is 13.0 Å². The monoisotopic (exact) mass is 281 g/mol. The molecule has 1 aromatic carbocycles. The van der Waals surface area contributed by atoms with Gasteiger partial charge in [0.2, 0.25) is 0 Å².